The van der Waals surface area contributed by atoms with Crippen LogP contribution in [-0.4, -0.2) is 26.5 Å². The van der Waals surface area contributed by atoms with Gasteiger partial charge in [-0.25, -0.2) is 9.78 Å². The fourth-order valence-electron chi connectivity index (χ4n) is 1.96. The highest BCUT2D eigenvalue weighted by Gasteiger charge is 2.23. The van der Waals surface area contributed by atoms with E-state index in [1.54, 1.807) is 0 Å². The maximum absolute atomic E-state index is 11.2. The number of halogens is 1. The number of nitrogens with zero attached hydrogens (tertiary/aromatic N) is 2. The van der Waals surface area contributed by atoms with Gasteiger partial charge in [-0.3, -0.25) is 0 Å². The zero-order valence-corrected chi connectivity index (χ0v) is 11.1. The molecule has 1 fully saturated rings. The molecule has 94 valence electrons. The number of rotatable bonds is 4. The Morgan fingerprint density at radius 2 is 2.39 bits per heavy atom. The smallest absolute Gasteiger partial charge is 0.356 e. The van der Waals surface area contributed by atoms with Crippen LogP contribution in [0.1, 0.15) is 29.2 Å². The predicted octanol–water partition coefficient (Wildman–Crippen LogP) is 2.05. The highest BCUT2D eigenvalue weighted by molar-refractivity contribution is 9.10. The van der Waals surface area contributed by atoms with Gasteiger partial charge in [0, 0.05) is 16.7 Å². The third-order valence-corrected chi connectivity index (χ3v) is 3.66. The van der Waals surface area contributed by atoms with Crippen molar-refractivity contribution in [3.63, 3.8) is 0 Å². The molecule has 0 aromatic carbocycles. The number of hydrogen-bond donors (Lipinski definition) is 2. The molecular formula is C12H12BrN3O2. The molecule has 2 heterocycles. The molecule has 0 atom stereocenters. The Morgan fingerprint density at radius 3 is 3.06 bits per heavy atom. The number of aromatic carboxylic acids is 1. The molecule has 1 saturated carbocycles. The SMILES string of the molecule is O=C(O)c1nc(CNC2CC2)n2cccc(Br)c12. The van der Waals surface area contributed by atoms with Gasteiger partial charge >= 0.3 is 5.97 Å². The number of carbonyl (C=O) groups is 1. The summed E-state index contributed by atoms with van der Waals surface area (Å²) >= 11 is 3.38. The summed E-state index contributed by atoms with van der Waals surface area (Å²) in [6, 6.07) is 4.25. The van der Waals surface area contributed by atoms with Crippen molar-refractivity contribution < 1.29 is 9.90 Å². The van der Waals surface area contributed by atoms with Crippen molar-refractivity contribution in [3.8, 4) is 0 Å². The van der Waals surface area contributed by atoms with Gasteiger partial charge in [-0.15, -0.1) is 0 Å². The maximum atomic E-state index is 11.2. The van der Waals surface area contributed by atoms with Gasteiger partial charge in [0.15, 0.2) is 5.69 Å². The van der Waals surface area contributed by atoms with Crippen molar-refractivity contribution in [1.82, 2.24) is 14.7 Å². The summed E-state index contributed by atoms with van der Waals surface area (Å²) in [5.41, 5.74) is 0.702. The maximum Gasteiger partial charge on any atom is 0.356 e. The van der Waals surface area contributed by atoms with Gasteiger partial charge in [0.25, 0.3) is 0 Å². The first-order chi connectivity index (χ1) is 8.66. The zero-order chi connectivity index (χ0) is 12.7. The van der Waals surface area contributed by atoms with Gasteiger partial charge in [-0.2, -0.15) is 0 Å². The highest BCUT2D eigenvalue weighted by atomic mass is 79.9. The number of nitrogens with one attached hydrogen (secondary N) is 1. The number of aromatic nitrogens is 2. The predicted molar refractivity (Wildman–Crippen MR) is 69.7 cm³/mol. The van der Waals surface area contributed by atoms with Crippen LogP contribution in [0.15, 0.2) is 22.8 Å². The molecule has 3 rings (SSSR count). The Hall–Kier alpha value is -1.40. The van der Waals surface area contributed by atoms with Gasteiger partial charge < -0.3 is 14.8 Å². The number of imidazole rings is 1. The molecule has 18 heavy (non-hydrogen) atoms. The first kappa shape index (κ1) is 11.7. The van der Waals surface area contributed by atoms with Crippen LogP contribution < -0.4 is 5.32 Å². The van der Waals surface area contributed by atoms with Crippen molar-refractivity contribution in [1.29, 1.82) is 0 Å². The van der Waals surface area contributed by atoms with Crippen LogP contribution in [0.2, 0.25) is 0 Å². The monoisotopic (exact) mass is 309 g/mol. The number of carboxylic acid groups (broad SMARTS) is 1. The molecule has 6 heteroatoms. The van der Waals surface area contributed by atoms with E-state index >= 15 is 0 Å². The summed E-state index contributed by atoms with van der Waals surface area (Å²) in [5, 5.41) is 12.5. The lowest BCUT2D eigenvalue weighted by molar-refractivity contribution is 0.0693. The molecule has 0 bridgehead atoms. The Labute approximate surface area is 112 Å². The van der Waals surface area contributed by atoms with E-state index in [9.17, 15) is 9.90 Å². The Balaban J connectivity index is 2.07. The normalized spacial score (nSPS) is 15.2. The molecular weight excluding hydrogens is 298 g/mol. The topological polar surface area (TPSA) is 66.6 Å². The molecule has 0 radical (unpaired) electrons. The lowest BCUT2D eigenvalue weighted by atomic mass is 10.3. The molecule has 0 saturated heterocycles. The van der Waals surface area contributed by atoms with Gasteiger partial charge in [-0.05, 0) is 40.9 Å². The molecule has 0 aliphatic heterocycles. The molecule has 2 aromatic heterocycles. The number of fused-ring (bicyclic) bond motifs is 1. The van der Waals surface area contributed by atoms with Crippen LogP contribution in [0.25, 0.3) is 5.52 Å². The molecule has 2 N–H and O–H groups in total. The molecule has 5 nitrogen and oxygen atoms in total. The van der Waals surface area contributed by atoms with Crippen molar-refractivity contribution in [2.45, 2.75) is 25.4 Å². The first-order valence-corrected chi connectivity index (χ1v) is 6.58. The van der Waals surface area contributed by atoms with Crippen LogP contribution >= 0.6 is 15.9 Å². The van der Waals surface area contributed by atoms with Gasteiger partial charge in [0.2, 0.25) is 0 Å². The second-order valence-corrected chi connectivity index (χ2v) is 5.27. The fourth-order valence-corrected chi connectivity index (χ4v) is 2.49. The van der Waals surface area contributed by atoms with Crippen molar-refractivity contribution >= 4 is 27.4 Å². The van der Waals surface area contributed by atoms with E-state index in [0.29, 0.717) is 18.1 Å². The van der Waals surface area contributed by atoms with E-state index in [4.69, 9.17) is 0 Å². The largest absolute Gasteiger partial charge is 0.476 e. The van der Waals surface area contributed by atoms with Gasteiger partial charge in [0.05, 0.1) is 12.1 Å². The van der Waals surface area contributed by atoms with Crippen LogP contribution in [0.4, 0.5) is 0 Å². The van der Waals surface area contributed by atoms with Crippen molar-refractivity contribution in [2.75, 3.05) is 0 Å². The van der Waals surface area contributed by atoms with Crippen LogP contribution in [-0.2, 0) is 6.54 Å². The number of carboxylic acids is 1. The van der Waals surface area contributed by atoms with E-state index in [2.05, 4.69) is 26.2 Å². The third kappa shape index (κ3) is 2.02. The van der Waals surface area contributed by atoms with Crippen LogP contribution in [0.5, 0.6) is 0 Å². The summed E-state index contributed by atoms with van der Waals surface area (Å²) in [5.74, 6) is -0.271. The Bertz CT molecular complexity index is 619. The summed E-state index contributed by atoms with van der Waals surface area (Å²) in [6.07, 6.45) is 4.22. The molecule has 0 unspecified atom stereocenters. The molecule has 1 aliphatic carbocycles. The second kappa shape index (κ2) is 4.37. The van der Waals surface area contributed by atoms with E-state index in [-0.39, 0.29) is 5.69 Å². The van der Waals surface area contributed by atoms with Crippen molar-refractivity contribution in [3.05, 3.63) is 34.3 Å². The van der Waals surface area contributed by atoms with Crippen LogP contribution in [0.3, 0.4) is 0 Å². The first-order valence-electron chi connectivity index (χ1n) is 5.79. The minimum atomic E-state index is -1.00. The summed E-state index contributed by atoms with van der Waals surface area (Å²) in [4.78, 5) is 15.4. The molecule has 0 amide bonds. The lowest BCUT2D eigenvalue weighted by Crippen LogP contribution is -2.17. The van der Waals surface area contributed by atoms with Crippen molar-refractivity contribution in [2.24, 2.45) is 0 Å². The van der Waals surface area contributed by atoms with E-state index in [1.807, 2.05) is 22.7 Å². The standard InChI is InChI=1S/C12H12BrN3O2/c13-8-2-1-5-16-9(6-14-7-3-4-7)15-10(11(8)16)12(17)18/h1-2,5,7,14H,3-4,6H2,(H,17,18). The quantitative estimate of drug-likeness (QED) is 0.907. The Kier molecular flexibility index (Phi) is 2.83. The van der Waals surface area contributed by atoms with Gasteiger partial charge in [-0.1, -0.05) is 0 Å². The highest BCUT2D eigenvalue weighted by Crippen LogP contribution is 2.24. The van der Waals surface area contributed by atoms with Gasteiger partial charge in [0.1, 0.15) is 5.82 Å². The molecule has 1 aliphatic rings. The minimum Gasteiger partial charge on any atom is -0.476 e. The summed E-state index contributed by atoms with van der Waals surface area (Å²) in [6.45, 7) is 0.593. The zero-order valence-electron chi connectivity index (χ0n) is 9.56. The lowest BCUT2D eigenvalue weighted by Gasteiger charge is -2.02. The van der Waals surface area contributed by atoms with E-state index in [0.717, 1.165) is 10.3 Å². The van der Waals surface area contributed by atoms with E-state index in [1.165, 1.54) is 12.8 Å². The molecule has 2 aromatic rings. The second-order valence-electron chi connectivity index (χ2n) is 4.41. The fraction of sp³-hybridized carbons (Fsp3) is 0.333. The van der Waals surface area contributed by atoms with E-state index < -0.39 is 5.97 Å². The summed E-state index contributed by atoms with van der Waals surface area (Å²) < 4.78 is 2.57. The average molecular weight is 310 g/mol. The Morgan fingerprint density at radius 1 is 1.61 bits per heavy atom. The third-order valence-electron chi connectivity index (χ3n) is 3.02. The minimum absolute atomic E-state index is 0.0927. The number of hydrogen-bond acceptors (Lipinski definition) is 3. The number of pyridine rings is 1. The molecule has 0 spiro atoms. The average Bonchev–Trinajstić information content (AvgIpc) is 3.08. The summed E-state index contributed by atoms with van der Waals surface area (Å²) in [7, 11) is 0. The van der Waals surface area contributed by atoms with Crippen LogP contribution in [0, 0.1) is 0 Å².